The van der Waals surface area contributed by atoms with Crippen LogP contribution in [0.2, 0.25) is 0 Å². The molecule has 0 saturated carbocycles. The number of hydrogen-bond donors (Lipinski definition) is 1. The van der Waals surface area contributed by atoms with Crippen LogP contribution in [-0.4, -0.2) is 53.6 Å². The average molecular weight is 252 g/mol. The lowest BCUT2D eigenvalue weighted by Gasteiger charge is -2.32. The molecule has 18 heavy (non-hydrogen) atoms. The van der Waals surface area contributed by atoms with E-state index < -0.39 is 0 Å². The molecule has 5 nitrogen and oxygen atoms in total. The second-order valence-corrected chi connectivity index (χ2v) is 4.96. The summed E-state index contributed by atoms with van der Waals surface area (Å²) in [5.41, 5.74) is 1.22. The molecule has 0 spiro atoms. The number of ether oxygens (including phenoxy) is 1. The maximum absolute atomic E-state index is 5.78. The van der Waals surface area contributed by atoms with E-state index in [1.165, 1.54) is 5.56 Å². The van der Waals surface area contributed by atoms with Gasteiger partial charge in [-0.05, 0) is 13.5 Å². The molecular formula is C13H24N4O. The Labute approximate surface area is 109 Å². The van der Waals surface area contributed by atoms with Gasteiger partial charge in [-0.2, -0.15) is 5.10 Å². The minimum Gasteiger partial charge on any atom is -0.374 e. The molecule has 2 rings (SSSR count). The zero-order chi connectivity index (χ0) is 13.0. The molecule has 0 aromatic carbocycles. The second-order valence-electron chi connectivity index (χ2n) is 4.96. The number of aromatic nitrogens is 2. The number of morpholine rings is 1. The topological polar surface area (TPSA) is 42.3 Å². The molecule has 102 valence electrons. The summed E-state index contributed by atoms with van der Waals surface area (Å²) in [4.78, 5) is 2.44. The van der Waals surface area contributed by atoms with Crippen molar-refractivity contribution in [3.05, 3.63) is 18.0 Å². The summed E-state index contributed by atoms with van der Waals surface area (Å²) in [6.07, 6.45) is 4.27. The minimum atomic E-state index is 0.304. The van der Waals surface area contributed by atoms with E-state index in [-0.39, 0.29) is 0 Å². The van der Waals surface area contributed by atoms with Crippen LogP contribution in [0.15, 0.2) is 12.4 Å². The Morgan fingerprint density at radius 3 is 3.11 bits per heavy atom. The van der Waals surface area contributed by atoms with Gasteiger partial charge in [0.2, 0.25) is 0 Å². The van der Waals surface area contributed by atoms with E-state index in [1.54, 1.807) is 0 Å². The number of aryl methyl sites for hydroxylation is 1. The first-order valence-electron chi connectivity index (χ1n) is 6.75. The summed E-state index contributed by atoms with van der Waals surface area (Å²) in [5, 5.41) is 7.72. The number of nitrogens with one attached hydrogen (secondary N) is 1. The summed E-state index contributed by atoms with van der Waals surface area (Å²) >= 11 is 0. The number of hydrogen-bond acceptors (Lipinski definition) is 4. The molecule has 2 heterocycles. The Kier molecular flexibility index (Phi) is 4.74. The van der Waals surface area contributed by atoms with Crippen molar-refractivity contribution >= 4 is 0 Å². The van der Waals surface area contributed by atoms with Gasteiger partial charge in [0, 0.05) is 44.5 Å². The first-order valence-corrected chi connectivity index (χ1v) is 6.75. The normalized spacial score (nSPS) is 23.2. The summed E-state index contributed by atoms with van der Waals surface area (Å²) in [6.45, 7) is 9.31. The van der Waals surface area contributed by atoms with E-state index in [0.29, 0.717) is 12.1 Å². The zero-order valence-corrected chi connectivity index (χ0v) is 11.6. The fourth-order valence-electron chi connectivity index (χ4n) is 2.28. The van der Waals surface area contributed by atoms with Crippen molar-refractivity contribution in [3.63, 3.8) is 0 Å². The molecular weight excluding hydrogens is 228 g/mol. The van der Waals surface area contributed by atoms with Crippen LogP contribution in [0.25, 0.3) is 0 Å². The molecule has 0 amide bonds. The molecule has 1 saturated heterocycles. The lowest BCUT2D eigenvalue weighted by molar-refractivity contribution is -0.0262. The van der Waals surface area contributed by atoms with Crippen LogP contribution < -0.4 is 5.32 Å². The molecule has 0 aliphatic carbocycles. The first kappa shape index (κ1) is 13.5. The van der Waals surface area contributed by atoms with Crippen LogP contribution >= 0.6 is 0 Å². The molecule has 1 aliphatic heterocycles. The molecule has 1 aliphatic rings. The van der Waals surface area contributed by atoms with Gasteiger partial charge in [0.1, 0.15) is 0 Å². The van der Waals surface area contributed by atoms with E-state index in [0.717, 1.165) is 32.8 Å². The van der Waals surface area contributed by atoms with Crippen LogP contribution in [0, 0.1) is 0 Å². The zero-order valence-electron chi connectivity index (χ0n) is 11.6. The number of likely N-dealkylation sites (N-methyl/N-ethyl adjacent to an activating group) is 1. The van der Waals surface area contributed by atoms with Gasteiger partial charge in [0.25, 0.3) is 0 Å². The van der Waals surface area contributed by atoms with Crippen molar-refractivity contribution in [1.29, 1.82) is 0 Å². The summed E-state index contributed by atoms with van der Waals surface area (Å²) in [6, 6.07) is 0.319. The van der Waals surface area contributed by atoms with E-state index in [2.05, 4.69) is 35.4 Å². The second kappa shape index (κ2) is 6.31. The highest BCUT2D eigenvalue weighted by molar-refractivity contribution is 5.08. The van der Waals surface area contributed by atoms with Crippen LogP contribution in [0.5, 0.6) is 0 Å². The van der Waals surface area contributed by atoms with Gasteiger partial charge >= 0.3 is 0 Å². The fraction of sp³-hybridized carbons (Fsp3) is 0.769. The molecule has 1 aromatic heterocycles. The predicted molar refractivity (Wildman–Crippen MR) is 71.5 cm³/mol. The molecule has 0 radical (unpaired) electrons. The highest BCUT2D eigenvalue weighted by Crippen LogP contribution is 2.11. The molecule has 5 heteroatoms. The molecule has 1 fully saturated rings. The van der Waals surface area contributed by atoms with Crippen LogP contribution in [0.4, 0.5) is 0 Å². The lowest BCUT2D eigenvalue weighted by Crippen LogP contribution is -2.46. The van der Waals surface area contributed by atoms with Gasteiger partial charge in [-0.15, -0.1) is 0 Å². The Morgan fingerprint density at radius 2 is 2.44 bits per heavy atom. The predicted octanol–water partition coefficient (Wildman–Crippen LogP) is 0.791. The van der Waals surface area contributed by atoms with Gasteiger partial charge < -0.3 is 10.1 Å². The van der Waals surface area contributed by atoms with Crippen molar-refractivity contribution in [2.75, 3.05) is 32.8 Å². The van der Waals surface area contributed by atoms with Crippen molar-refractivity contribution in [2.45, 2.75) is 26.0 Å². The van der Waals surface area contributed by atoms with Gasteiger partial charge in [-0.25, -0.2) is 0 Å². The fourth-order valence-corrected chi connectivity index (χ4v) is 2.28. The van der Waals surface area contributed by atoms with Gasteiger partial charge in [0.05, 0.1) is 18.9 Å². The molecule has 0 bridgehead atoms. The smallest absolute Gasteiger partial charge is 0.0826 e. The minimum absolute atomic E-state index is 0.304. The largest absolute Gasteiger partial charge is 0.374 e. The van der Waals surface area contributed by atoms with Crippen molar-refractivity contribution in [2.24, 2.45) is 7.05 Å². The third kappa shape index (κ3) is 3.54. The van der Waals surface area contributed by atoms with Crippen LogP contribution in [0.1, 0.15) is 25.5 Å². The first-order chi connectivity index (χ1) is 8.69. The average Bonchev–Trinajstić information content (AvgIpc) is 2.83. The van der Waals surface area contributed by atoms with Gasteiger partial charge in [0.15, 0.2) is 0 Å². The maximum Gasteiger partial charge on any atom is 0.0826 e. The van der Waals surface area contributed by atoms with E-state index in [9.17, 15) is 0 Å². The highest BCUT2D eigenvalue weighted by atomic mass is 16.5. The number of nitrogens with zero attached hydrogens (tertiary/aromatic N) is 3. The highest BCUT2D eigenvalue weighted by Gasteiger charge is 2.19. The lowest BCUT2D eigenvalue weighted by atomic mass is 10.2. The monoisotopic (exact) mass is 252 g/mol. The Balaban J connectivity index is 1.77. The Bertz CT molecular complexity index is 366. The SMILES string of the molecule is CCN1CCOC(CNC(C)c2cnn(C)c2)C1. The van der Waals surface area contributed by atoms with Crippen LogP contribution in [-0.2, 0) is 11.8 Å². The summed E-state index contributed by atoms with van der Waals surface area (Å²) in [7, 11) is 1.94. The number of rotatable bonds is 5. The third-order valence-corrected chi connectivity index (χ3v) is 3.55. The van der Waals surface area contributed by atoms with Gasteiger partial charge in [-0.1, -0.05) is 6.92 Å². The Morgan fingerprint density at radius 1 is 1.61 bits per heavy atom. The molecule has 2 atom stereocenters. The quantitative estimate of drug-likeness (QED) is 0.841. The van der Waals surface area contributed by atoms with Crippen LogP contribution in [0.3, 0.4) is 0 Å². The molecule has 2 unspecified atom stereocenters. The molecule has 1 N–H and O–H groups in total. The van der Waals surface area contributed by atoms with E-state index >= 15 is 0 Å². The van der Waals surface area contributed by atoms with Crippen molar-refractivity contribution in [1.82, 2.24) is 20.0 Å². The third-order valence-electron chi connectivity index (χ3n) is 3.55. The van der Waals surface area contributed by atoms with Gasteiger partial charge in [-0.3, -0.25) is 9.58 Å². The van der Waals surface area contributed by atoms with E-state index in [1.807, 2.05) is 17.9 Å². The maximum atomic E-state index is 5.78. The van der Waals surface area contributed by atoms with Crippen molar-refractivity contribution < 1.29 is 4.74 Å². The van der Waals surface area contributed by atoms with E-state index in [4.69, 9.17) is 4.74 Å². The Hall–Kier alpha value is -0.910. The summed E-state index contributed by atoms with van der Waals surface area (Å²) in [5.74, 6) is 0. The summed E-state index contributed by atoms with van der Waals surface area (Å²) < 4.78 is 7.61. The van der Waals surface area contributed by atoms with Crippen molar-refractivity contribution in [3.8, 4) is 0 Å². The molecule has 1 aromatic rings. The standard InChI is InChI=1S/C13H24N4O/c1-4-17-5-6-18-13(10-17)8-14-11(2)12-7-15-16(3)9-12/h7,9,11,13-14H,4-6,8,10H2,1-3H3.